The number of hydrogen-bond donors (Lipinski definition) is 3. The standard InChI is InChI=1S/C16H25N3O2.ClH/c1-4-15(20)18-13-7-5-6-12(9-13)16(21)19-14(10-17)8-11(2)3;/h5-7,9,11,14H,4,8,10,17H2,1-3H3,(H,18,20)(H,19,21);1H. The van der Waals surface area contributed by atoms with E-state index in [2.05, 4.69) is 24.5 Å². The van der Waals surface area contributed by atoms with Gasteiger partial charge < -0.3 is 16.4 Å². The van der Waals surface area contributed by atoms with E-state index in [1.807, 2.05) is 0 Å². The molecule has 0 bridgehead atoms. The summed E-state index contributed by atoms with van der Waals surface area (Å²) in [6.45, 7) is 6.38. The van der Waals surface area contributed by atoms with Gasteiger partial charge in [-0.2, -0.15) is 0 Å². The van der Waals surface area contributed by atoms with Crippen LogP contribution in [0.2, 0.25) is 0 Å². The van der Waals surface area contributed by atoms with Crippen molar-refractivity contribution in [1.29, 1.82) is 0 Å². The van der Waals surface area contributed by atoms with Crippen molar-refractivity contribution < 1.29 is 9.59 Å². The summed E-state index contributed by atoms with van der Waals surface area (Å²) in [5.74, 6) is 0.222. The number of carbonyl (C=O) groups is 2. The third kappa shape index (κ3) is 6.91. The smallest absolute Gasteiger partial charge is 0.251 e. The van der Waals surface area contributed by atoms with E-state index in [0.717, 1.165) is 6.42 Å². The van der Waals surface area contributed by atoms with Gasteiger partial charge in [-0.3, -0.25) is 9.59 Å². The average Bonchev–Trinajstić information content (AvgIpc) is 2.46. The Morgan fingerprint density at radius 3 is 2.50 bits per heavy atom. The molecule has 5 nitrogen and oxygen atoms in total. The molecule has 1 unspecified atom stereocenters. The van der Waals surface area contributed by atoms with Crippen LogP contribution in [0.15, 0.2) is 24.3 Å². The Balaban J connectivity index is 0.00000441. The van der Waals surface area contributed by atoms with Crippen LogP contribution in [0.5, 0.6) is 0 Å². The second kappa shape index (κ2) is 10.2. The fourth-order valence-electron chi connectivity index (χ4n) is 2.04. The molecule has 0 aromatic heterocycles. The zero-order valence-electron chi connectivity index (χ0n) is 13.4. The second-order valence-corrected chi connectivity index (χ2v) is 5.52. The van der Waals surface area contributed by atoms with Gasteiger partial charge in [0.25, 0.3) is 5.91 Å². The molecule has 0 aliphatic heterocycles. The first-order valence-electron chi connectivity index (χ1n) is 7.37. The molecule has 0 aliphatic rings. The minimum atomic E-state index is -0.168. The molecule has 0 saturated heterocycles. The van der Waals surface area contributed by atoms with Gasteiger partial charge in [0.15, 0.2) is 0 Å². The lowest BCUT2D eigenvalue weighted by Gasteiger charge is -2.19. The highest BCUT2D eigenvalue weighted by Gasteiger charge is 2.14. The monoisotopic (exact) mass is 327 g/mol. The van der Waals surface area contributed by atoms with Gasteiger partial charge in [0.1, 0.15) is 0 Å². The largest absolute Gasteiger partial charge is 0.348 e. The van der Waals surface area contributed by atoms with E-state index >= 15 is 0 Å². The van der Waals surface area contributed by atoms with Crippen molar-refractivity contribution in [2.45, 2.75) is 39.7 Å². The van der Waals surface area contributed by atoms with E-state index in [9.17, 15) is 9.59 Å². The molecule has 0 heterocycles. The molecule has 0 spiro atoms. The highest BCUT2D eigenvalue weighted by atomic mass is 35.5. The molecule has 1 aromatic carbocycles. The van der Waals surface area contributed by atoms with Crippen LogP contribution in [0.25, 0.3) is 0 Å². The number of nitrogens with two attached hydrogens (primary N) is 1. The Hall–Kier alpha value is -1.59. The van der Waals surface area contributed by atoms with Crippen LogP contribution in [0.3, 0.4) is 0 Å². The molecule has 2 amide bonds. The fraction of sp³-hybridized carbons (Fsp3) is 0.500. The van der Waals surface area contributed by atoms with Crippen LogP contribution in [0.4, 0.5) is 5.69 Å². The number of hydrogen-bond acceptors (Lipinski definition) is 3. The molecule has 0 aliphatic carbocycles. The second-order valence-electron chi connectivity index (χ2n) is 5.52. The Morgan fingerprint density at radius 2 is 1.95 bits per heavy atom. The third-order valence-corrected chi connectivity index (χ3v) is 3.11. The minimum Gasteiger partial charge on any atom is -0.348 e. The predicted molar refractivity (Wildman–Crippen MR) is 92.4 cm³/mol. The van der Waals surface area contributed by atoms with E-state index in [-0.39, 0.29) is 30.3 Å². The topological polar surface area (TPSA) is 84.2 Å². The quantitative estimate of drug-likeness (QED) is 0.719. The summed E-state index contributed by atoms with van der Waals surface area (Å²) < 4.78 is 0. The van der Waals surface area contributed by atoms with E-state index in [0.29, 0.717) is 30.1 Å². The lowest BCUT2D eigenvalue weighted by atomic mass is 10.0. The van der Waals surface area contributed by atoms with Crippen LogP contribution in [0.1, 0.15) is 44.0 Å². The minimum absolute atomic E-state index is 0. The summed E-state index contributed by atoms with van der Waals surface area (Å²) in [5.41, 5.74) is 6.84. The van der Waals surface area contributed by atoms with Gasteiger partial charge in [-0.1, -0.05) is 26.8 Å². The Labute approximate surface area is 138 Å². The molecule has 1 rings (SSSR count). The summed E-state index contributed by atoms with van der Waals surface area (Å²) in [4.78, 5) is 23.6. The van der Waals surface area contributed by atoms with E-state index in [1.165, 1.54) is 0 Å². The van der Waals surface area contributed by atoms with Crippen LogP contribution < -0.4 is 16.4 Å². The molecule has 0 saturated carbocycles. The summed E-state index contributed by atoms with van der Waals surface area (Å²) in [6.07, 6.45) is 1.24. The SMILES string of the molecule is CCC(=O)Nc1cccc(C(=O)NC(CN)CC(C)C)c1.Cl. The van der Waals surface area contributed by atoms with Gasteiger partial charge in [-0.25, -0.2) is 0 Å². The maximum atomic E-state index is 12.2. The van der Waals surface area contributed by atoms with Crippen molar-refractivity contribution in [3.63, 3.8) is 0 Å². The molecule has 1 atom stereocenters. The normalized spacial score (nSPS) is 11.5. The van der Waals surface area contributed by atoms with E-state index in [4.69, 9.17) is 5.73 Å². The Morgan fingerprint density at radius 1 is 1.27 bits per heavy atom. The maximum Gasteiger partial charge on any atom is 0.251 e. The van der Waals surface area contributed by atoms with Crippen LogP contribution in [-0.4, -0.2) is 24.4 Å². The van der Waals surface area contributed by atoms with Gasteiger partial charge >= 0.3 is 0 Å². The van der Waals surface area contributed by atoms with Crippen LogP contribution in [-0.2, 0) is 4.79 Å². The van der Waals surface area contributed by atoms with Crippen LogP contribution in [0, 0.1) is 5.92 Å². The molecule has 124 valence electrons. The van der Waals surface area contributed by atoms with Gasteiger partial charge in [-0.15, -0.1) is 12.4 Å². The highest BCUT2D eigenvalue weighted by Crippen LogP contribution is 2.12. The molecular formula is C16H26ClN3O2. The first-order chi connectivity index (χ1) is 9.96. The first-order valence-corrected chi connectivity index (χ1v) is 7.37. The summed E-state index contributed by atoms with van der Waals surface area (Å²) >= 11 is 0. The number of nitrogens with one attached hydrogen (secondary N) is 2. The number of rotatable bonds is 7. The zero-order chi connectivity index (χ0) is 15.8. The summed E-state index contributed by atoms with van der Waals surface area (Å²) in [7, 11) is 0. The van der Waals surface area contributed by atoms with Gasteiger partial charge in [0, 0.05) is 30.3 Å². The Bertz CT molecular complexity index is 492. The number of anilines is 1. The lowest BCUT2D eigenvalue weighted by Crippen LogP contribution is -2.41. The maximum absolute atomic E-state index is 12.2. The number of benzene rings is 1. The van der Waals surface area contributed by atoms with Crippen molar-refractivity contribution in [3.05, 3.63) is 29.8 Å². The van der Waals surface area contributed by atoms with Gasteiger partial charge in [0.05, 0.1) is 0 Å². The van der Waals surface area contributed by atoms with E-state index in [1.54, 1.807) is 31.2 Å². The van der Waals surface area contributed by atoms with Crippen molar-refractivity contribution in [1.82, 2.24) is 5.32 Å². The Kier molecular flexibility index (Phi) is 9.45. The molecule has 0 fully saturated rings. The fourth-order valence-corrected chi connectivity index (χ4v) is 2.04. The van der Waals surface area contributed by atoms with Crippen molar-refractivity contribution in [3.8, 4) is 0 Å². The number of halogens is 1. The number of amides is 2. The summed E-state index contributed by atoms with van der Waals surface area (Å²) in [6, 6.07) is 6.87. The van der Waals surface area contributed by atoms with Crippen LogP contribution >= 0.6 is 12.4 Å². The average molecular weight is 328 g/mol. The van der Waals surface area contributed by atoms with Gasteiger partial charge in [0.2, 0.25) is 5.91 Å². The van der Waals surface area contributed by atoms with Gasteiger partial charge in [-0.05, 0) is 30.5 Å². The zero-order valence-corrected chi connectivity index (χ0v) is 14.2. The highest BCUT2D eigenvalue weighted by molar-refractivity contribution is 5.97. The van der Waals surface area contributed by atoms with Crippen molar-refractivity contribution >= 4 is 29.9 Å². The molecule has 22 heavy (non-hydrogen) atoms. The molecule has 6 heteroatoms. The van der Waals surface area contributed by atoms with Crippen molar-refractivity contribution in [2.24, 2.45) is 11.7 Å². The first kappa shape index (κ1) is 20.4. The predicted octanol–water partition coefficient (Wildman–Crippen LogP) is 2.56. The molecule has 0 radical (unpaired) electrons. The molecular weight excluding hydrogens is 302 g/mol. The van der Waals surface area contributed by atoms with Crippen molar-refractivity contribution in [2.75, 3.05) is 11.9 Å². The summed E-state index contributed by atoms with van der Waals surface area (Å²) in [5, 5.41) is 5.67. The third-order valence-electron chi connectivity index (χ3n) is 3.11. The lowest BCUT2D eigenvalue weighted by molar-refractivity contribution is -0.115. The van der Waals surface area contributed by atoms with E-state index < -0.39 is 0 Å². The molecule has 1 aromatic rings. The number of carbonyl (C=O) groups excluding carboxylic acids is 2. The molecule has 4 N–H and O–H groups in total.